The maximum Gasteiger partial charge on any atom is 0.312 e. The summed E-state index contributed by atoms with van der Waals surface area (Å²) in [5.74, 6) is -0.218. The highest BCUT2D eigenvalue weighted by Gasteiger charge is 2.26. The highest BCUT2D eigenvalue weighted by Crippen LogP contribution is 2.19. The second-order valence-electron chi connectivity index (χ2n) is 7.46. The standard InChI is InChI=1S/C21H31N5O3S/c1-13(2)25-18(11-14-12-24-16-8-5-4-7-15(14)16)19(27)26-17(20(28)30-3)9-6-10-23-21(22)29/h4-5,7-8,12-13,17-18,24-25H,6,9-11H2,1-3H3,(H,26,27)(H3,22,23,29)/t17-,18-/m0/s1. The zero-order valence-corrected chi connectivity index (χ0v) is 18.5. The number of carbonyl (C=O) groups is 3. The number of thioether (sulfide) groups is 1. The average molecular weight is 434 g/mol. The number of para-hydroxylation sites is 1. The van der Waals surface area contributed by atoms with Crippen molar-refractivity contribution in [2.24, 2.45) is 5.73 Å². The molecule has 0 saturated carbocycles. The van der Waals surface area contributed by atoms with E-state index in [0.717, 1.165) is 28.2 Å². The van der Waals surface area contributed by atoms with Crippen LogP contribution in [0.1, 0.15) is 32.3 Å². The minimum Gasteiger partial charge on any atom is -0.361 e. The molecule has 9 heteroatoms. The molecule has 0 aliphatic heterocycles. The number of hydrogen-bond acceptors (Lipinski definition) is 5. The molecule has 0 bridgehead atoms. The van der Waals surface area contributed by atoms with Gasteiger partial charge in [-0.25, -0.2) is 4.79 Å². The first-order valence-corrected chi connectivity index (χ1v) is 11.3. The maximum absolute atomic E-state index is 13.1. The Labute approximate surface area is 181 Å². The largest absolute Gasteiger partial charge is 0.361 e. The fourth-order valence-corrected chi connectivity index (χ4v) is 3.79. The lowest BCUT2D eigenvalue weighted by Crippen LogP contribution is -2.52. The summed E-state index contributed by atoms with van der Waals surface area (Å²) < 4.78 is 0. The van der Waals surface area contributed by atoms with Crippen molar-refractivity contribution < 1.29 is 14.4 Å². The van der Waals surface area contributed by atoms with Gasteiger partial charge in [-0.15, -0.1) is 0 Å². The van der Waals surface area contributed by atoms with Crippen LogP contribution in [0.3, 0.4) is 0 Å². The Balaban J connectivity index is 2.09. The molecule has 6 N–H and O–H groups in total. The number of amides is 3. The Kier molecular flexibility index (Phi) is 9.19. The molecule has 1 aromatic heterocycles. The molecule has 30 heavy (non-hydrogen) atoms. The summed E-state index contributed by atoms with van der Waals surface area (Å²) in [6, 6.07) is 6.34. The molecule has 0 fully saturated rings. The minimum atomic E-state index is -0.624. The molecule has 0 unspecified atom stereocenters. The smallest absolute Gasteiger partial charge is 0.312 e. The van der Waals surface area contributed by atoms with E-state index in [0.29, 0.717) is 25.8 Å². The van der Waals surface area contributed by atoms with Crippen molar-refractivity contribution in [3.8, 4) is 0 Å². The van der Waals surface area contributed by atoms with Gasteiger partial charge in [0.25, 0.3) is 0 Å². The number of aromatic amines is 1. The molecule has 1 heterocycles. The minimum absolute atomic E-state index is 0.0976. The molecule has 2 aromatic rings. The summed E-state index contributed by atoms with van der Waals surface area (Å²) in [5.41, 5.74) is 7.13. The van der Waals surface area contributed by atoms with E-state index in [2.05, 4.69) is 20.9 Å². The van der Waals surface area contributed by atoms with Gasteiger partial charge >= 0.3 is 6.03 Å². The summed E-state index contributed by atoms with van der Waals surface area (Å²) >= 11 is 1.08. The number of H-pyrrole nitrogens is 1. The highest BCUT2D eigenvalue weighted by atomic mass is 32.2. The molecule has 164 valence electrons. The number of nitrogens with two attached hydrogens (primary N) is 1. The van der Waals surface area contributed by atoms with Crippen LogP contribution < -0.4 is 21.7 Å². The molecule has 0 spiro atoms. The van der Waals surface area contributed by atoms with E-state index in [1.165, 1.54) is 0 Å². The van der Waals surface area contributed by atoms with Crippen LogP contribution in [0.5, 0.6) is 0 Å². The van der Waals surface area contributed by atoms with Crippen molar-refractivity contribution in [3.05, 3.63) is 36.0 Å². The number of hydrogen-bond donors (Lipinski definition) is 5. The van der Waals surface area contributed by atoms with Crippen molar-refractivity contribution in [2.75, 3.05) is 12.8 Å². The van der Waals surface area contributed by atoms with Crippen molar-refractivity contribution in [2.45, 2.75) is 51.2 Å². The Hall–Kier alpha value is -2.52. The highest BCUT2D eigenvalue weighted by molar-refractivity contribution is 8.13. The number of aromatic nitrogens is 1. The second-order valence-corrected chi connectivity index (χ2v) is 8.27. The predicted octanol–water partition coefficient (Wildman–Crippen LogP) is 1.90. The van der Waals surface area contributed by atoms with E-state index in [1.54, 1.807) is 6.26 Å². The molecule has 0 aliphatic rings. The maximum atomic E-state index is 13.1. The third-order valence-electron chi connectivity index (χ3n) is 4.72. The van der Waals surface area contributed by atoms with Gasteiger partial charge in [0.15, 0.2) is 0 Å². The van der Waals surface area contributed by atoms with Gasteiger partial charge in [0.05, 0.1) is 12.1 Å². The molecular weight excluding hydrogens is 402 g/mol. The second kappa shape index (κ2) is 11.6. The Morgan fingerprint density at radius 3 is 2.57 bits per heavy atom. The predicted molar refractivity (Wildman–Crippen MR) is 121 cm³/mol. The molecule has 2 atom stereocenters. The number of carbonyl (C=O) groups excluding carboxylic acids is 3. The molecular formula is C21H31N5O3S. The summed E-state index contributed by atoms with van der Waals surface area (Å²) in [4.78, 5) is 39.4. The Bertz CT molecular complexity index is 867. The summed E-state index contributed by atoms with van der Waals surface area (Å²) in [6.07, 6.45) is 5.07. The fourth-order valence-electron chi connectivity index (χ4n) is 3.33. The van der Waals surface area contributed by atoms with Crippen LogP contribution in [-0.2, 0) is 16.0 Å². The third-order valence-corrected chi connectivity index (χ3v) is 5.41. The number of primary amides is 1. The van der Waals surface area contributed by atoms with Gasteiger partial charge in [-0.3, -0.25) is 9.59 Å². The zero-order chi connectivity index (χ0) is 22.1. The van der Waals surface area contributed by atoms with Crippen molar-refractivity contribution in [1.29, 1.82) is 0 Å². The number of benzene rings is 1. The molecule has 1 aromatic carbocycles. The van der Waals surface area contributed by atoms with E-state index in [4.69, 9.17) is 5.73 Å². The van der Waals surface area contributed by atoms with E-state index in [1.807, 2.05) is 44.3 Å². The van der Waals surface area contributed by atoms with Crippen LogP contribution in [0, 0.1) is 0 Å². The van der Waals surface area contributed by atoms with Crippen molar-refractivity contribution in [1.82, 2.24) is 20.9 Å². The molecule has 2 rings (SSSR count). The monoisotopic (exact) mass is 433 g/mol. The summed E-state index contributed by atoms with van der Waals surface area (Å²) in [7, 11) is 0. The van der Waals surface area contributed by atoms with Crippen LogP contribution in [0.25, 0.3) is 10.9 Å². The zero-order valence-electron chi connectivity index (χ0n) is 17.7. The number of nitrogens with one attached hydrogen (secondary N) is 4. The number of urea groups is 1. The summed E-state index contributed by atoms with van der Waals surface area (Å²) in [5, 5.41) is 9.67. The summed E-state index contributed by atoms with van der Waals surface area (Å²) in [6.45, 7) is 4.32. The van der Waals surface area contributed by atoms with Crippen LogP contribution in [0.2, 0.25) is 0 Å². The van der Waals surface area contributed by atoms with E-state index < -0.39 is 18.1 Å². The topological polar surface area (TPSA) is 129 Å². The lowest BCUT2D eigenvalue weighted by Gasteiger charge is -2.24. The molecule has 0 aliphatic carbocycles. The lowest BCUT2D eigenvalue weighted by molar-refractivity contribution is -0.126. The van der Waals surface area contributed by atoms with Gasteiger partial charge < -0.3 is 26.7 Å². The van der Waals surface area contributed by atoms with Crippen molar-refractivity contribution in [3.63, 3.8) is 0 Å². The van der Waals surface area contributed by atoms with Gasteiger partial charge in [0.2, 0.25) is 11.0 Å². The number of fused-ring (bicyclic) bond motifs is 1. The number of rotatable bonds is 11. The quantitative estimate of drug-likeness (QED) is 0.346. The first-order chi connectivity index (χ1) is 14.3. The van der Waals surface area contributed by atoms with E-state index in [9.17, 15) is 14.4 Å². The molecule has 0 radical (unpaired) electrons. The van der Waals surface area contributed by atoms with Crippen LogP contribution in [-0.4, -0.2) is 53.0 Å². The Morgan fingerprint density at radius 1 is 1.17 bits per heavy atom. The first kappa shape index (κ1) is 23.8. The SMILES string of the molecule is CSC(=O)[C@H](CCCNC(N)=O)NC(=O)[C@H](Cc1c[nH]c2ccccc12)NC(C)C. The first-order valence-electron chi connectivity index (χ1n) is 10.0. The molecule has 8 nitrogen and oxygen atoms in total. The van der Waals surface area contributed by atoms with Crippen LogP contribution in [0.15, 0.2) is 30.5 Å². The van der Waals surface area contributed by atoms with Gasteiger partial charge in [-0.05, 0) is 37.1 Å². The molecule has 0 saturated heterocycles. The van der Waals surface area contributed by atoms with Crippen molar-refractivity contribution >= 4 is 39.7 Å². The molecule has 3 amide bonds. The average Bonchev–Trinajstić information content (AvgIpc) is 3.11. The normalized spacial score (nSPS) is 13.2. The third kappa shape index (κ3) is 7.07. The van der Waals surface area contributed by atoms with Gasteiger partial charge in [-0.1, -0.05) is 43.8 Å². The Morgan fingerprint density at radius 2 is 1.90 bits per heavy atom. The van der Waals surface area contributed by atoms with Gasteiger partial charge in [-0.2, -0.15) is 0 Å². The lowest BCUT2D eigenvalue weighted by atomic mass is 10.0. The van der Waals surface area contributed by atoms with Gasteiger partial charge in [0, 0.05) is 29.7 Å². The fraction of sp³-hybridized carbons (Fsp3) is 0.476. The van der Waals surface area contributed by atoms with Gasteiger partial charge in [0.1, 0.15) is 0 Å². The van der Waals surface area contributed by atoms with E-state index in [-0.39, 0.29) is 17.1 Å². The van der Waals surface area contributed by atoms with Crippen LogP contribution in [0.4, 0.5) is 4.79 Å². The van der Waals surface area contributed by atoms with E-state index >= 15 is 0 Å². The van der Waals surface area contributed by atoms with Crippen LogP contribution >= 0.6 is 11.8 Å².